The van der Waals surface area contributed by atoms with Gasteiger partial charge in [0.2, 0.25) is 0 Å². The third-order valence-corrected chi connectivity index (χ3v) is 4.85. The molecule has 0 aliphatic carbocycles. The first-order valence-electron chi connectivity index (χ1n) is 2.49. The first-order chi connectivity index (χ1) is 5.04. The van der Waals surface area contributed by atoms with Crippen LogP contribution in [0, 0.1) is 0 Å². The van der Waals surface area contributed by atoms with Crippen LogP contribution in [0.15, 0.2) is 18.2 Å². The molecule has 0 saturated heterocycles. The van der Waals surface area contributed by atoms with Gasteiger partial charge in [0.05, 0.1) is 14.6 Å². The minimum atomic E-state index is 0.624. The van der Waals surface area contributed by atoms with Crippen LogP contribution in [0.3, 0.4) is 0 Å². The standard InChI is InChI=1S/C5H2Br4N2/c6-1-3(10)2(7)5(9)11-4(1)8/h(H2,10,11). The smallest absolute Gasteiger partial charge is 0.123 e. The fourth-order valence-corrected chi connectivity index (χ4v) is 2.36. The van der Waals surface area contributed by atoms with E-state index in [4.69, 9.17) is 5.73 Å². The number of hydrogen-bond acceptors (Lipinski definition) is 2. The van der Waals surface area contributed by atoms with Crippen LogP contribution in [0.1, 0.15) is 0 Å². The second-order valence-corrected chi connectivity index (χ2v) is 4.82. The fraction of sp³-hybridized carbons (Fsp3) is 0. The third kappa shape index (κ3) is 1.96. The molecule has 1 aromatic heterocycles. The average Bonchev–Trinajstić information content (AvgIpc) is 1.97. The quantitative estimate of drug-likeness (QED) is 0.663. The van der Waals surface area contributed by atoms with Crippen molar-refractivity contribution >= 4 is 69.4 Å². The second-order valence-electron chi connectivity index (χ2n) is 1.74. The highest BCUT2D eigenvalue weighted by molar-refractivity contribution is 9.14. The molecule has 0 spiro atoms. The normalized spacial score (nSPS) is 10.2. The molecule has 0 bridgehead atoms. The maximum absolute atomic E-state index is 5.69. The van der Waals surface area contributed by atoms with E-state index < -0.39 is 0 Å². The summed E-state index contributed by atoms with van der Waals surface area (Å²) in [6.07, 6.45) is 0. The maximum Gasteiger partial charge on any atom is 0.123 e. The van der Waals surface area contributed by atoms with Crippen LogP contribution < -0.4 is 5.73 Å². The van der Waals surface area contributed by atoms with E-state index in [2.05, 4.69) is 68.7 Å². The van der Waals surface area contributed by atoms with Crippen molar-refractivity contribution in [1.82, 2.24) is 4.98 Å². The van der Waals surface area contributed by atoms with E-state index >= 15 is 0 Å². The summed E-state index contributed by atoms with van der Waals surface area (Å²) in [7, 11) is 0. The number of rotatable bonds is 0. The van der Waals surface area contributed by atoms with Crippen molar-refractivity contribution in [2.45, 2.75) is 0 Å². The van der Waals surface area contributed by atoms with Crippen molar-refractivity contribution in [2.75, 3.05) is 5.73 Å². The van der Waals surface area contributed by atoms with Gasteiger partial charge in [0.25, 0.3) is 0 Å². The molecule has 2 nitrogen and oxygen atoms in total. The summed E-state index contributed by atoms with van der Waals surface area (Å²) in [6.45, 7) is 0. The molecule has 0 radical (unpaired) electrons. The van der Waals surface area contributed by atoms with E-state index in [-0.39, 0.29) is 0 Å². The van der Waals surface area contributed by atoms with Crippen LogP contribution in [0.4, 0.5) is 5.69 Å². The molecule has 6 heteroatoms. The number of hydrogen-bond donors (Lipinski definition) is 1. The molecule has 1 heterocycles. The van der Waals surface area contributed by atoms with Gasteiger partial charge in [-0.3, -0.25) is 0 Å². The largest absolute Gasteiger partial charge is 0.397 e. The zero-order valence-electron chi connectivity index (χ0n) is 5.04. The molecular weight excluding hydrogens is 408 g/mol. The van der Waals surface area contributed by atoms with Gasteiger partial charge in [0.1, 0.15) is 9.21 Å². The van der Waals surface area contributed by atoms with Gasteiger partial charge in [-0.15, -0.1) is 0 Å². The average molecular weight is 410 g/mol. The molecule has 2 N–H and O–H groups in total. The van der Waals surface area contributed by atoms with Crippen molar-refractivity contribution in [1.29, 1.82) is 0 Å². The molecule has 0 fully saturated rings. The van der Waals surface area contributed by atoms with Crippen LogP contribution in [-0.2, 0) is 0 Å². The first kappa shape index (κ1) is 9.95. The Labute approximate surface area is 97.5 Å². The van der Waals surface area contributed by atoms with Crippen molar-refractivity contribution in [2.24, 2.45) is 0 Å². The Balaban J connectivity index is 3.46. The number of nitrogens with zero attached hydrogens (tertiary/aromatic N) is 1. The lowest BCUT2D eigenvalue weighted by molar-refractivity contribution is 1.20. The SMILES string of the molecule is Nc1c(Br)c(Br)nc(Br)c1Br. The van der Waals surface area contributed by atoms with Crippen molar-refractivity contribution < 1.29 is 0 Å². The van der Waals surface area contributed by atoms with Gasteiger partial charge in [0, 0.05) is 0 Å². The maximum atomic E-state index is 5.69. The van der Waals surface area contributed by atoms with Crippen LogP contribution >= 0.6 is 63.7 Å². The van der Waals surface area contributed by atoms with Gasteiger partial charge in [-0.2, -0.15) is 0 Å². The predicted molar refractivity (Wildman–Crippen MR) is 59.4 cm³/mol. The monoisotopic (exact) mass is 406 g/mol. The van der Waals surface area contributed by atoms with Gasteiger partial charge in [-0.1, -0.05) is 0 Å². The first-order valence-corrected chi connectivity index (χ1v) is 5.66. The number of anilines is 1. The van der Waals surface area contributed by atoms with Gasteiger partial charge >= 0.3 is 0 Å². The summed E-state index contributed by atoms with van der Waals surface area (Å²) in [5.74, 6) is 0. The van der Waals surface area contributed by atoms with E-state index in [9.17, 15) is 0 Å². The summed E-state index contributed by atoms with van der Waals surface area (Å²) in [4.78, 5) is 4.09. The Morgan fingerprint density at radius 2 is 1.27 bits per heavy atom. The lowest BCUT2D eigenvalue weighted by atomic mass is 10.4. The number of nitrogens with two attached hydrogens (primary N) is 1. The van der Waals surface area contributed by atoms with Crippen molar-refractivity contribution in [3.05, 3.63) is 18.2 Å². The summed E-state index contributed by atoms with van der Waals surface area (Å²) in [6, 6.07) is 0. The minimum Gasteiger partial charge on any atom is -0.397 e. The second kappa shape index (κ2) is 3.72. The minimum absolute atomic E-state index is 0.624. The fourth-order valence-electron chi connectivity index (χ4n) is 0.503. The number of nitrogen functional groups attached to an aromatic ring is 1. The Hall–Kier alpha value is 0.870. The van der Waals surface area contributed by atoms with E-state index in [1.807, 2.05) is 0 Å². The number of aromatic nitrogens is 1. The van der Waals surface area contributed by atoms with Crippen molar-refractivity contribution in [3.8, 4) is 0 Å². The van der Waals surface area contributed by atoms with Crippen LogP contribution in [0.2, 0.25) is 0 Å². The predicted octanol–water partition coefficient (Wildman–Crippen LogP) is 3.71. The molecule has 0 amide bonds. The zero-order chi connectivity index (χ0) is 8.59. The molecule has 0 atom stereocenters. The highest BCUT2D eigenvalue weighted by Gasteiger charge is 2.10. The number of halogens is 4. The topological polar surface area (TPSA) is 38.9 Å². The van der Waals surface area contributed by atoms with Crippen molar-refractivity contribution in [3.63, 3.8) is 0 Å². The Kier molecular flexibility index (Phi) is 3.37. The molecule has 11 heavy (non-hydrogen) atoms. The molecule has 0 unspecified atom stereocenters. The highest BCUT2D eigenvalue weighted by atomic mass is 79.9. The Bertz CT molecular complexity index is 273. The van der Waals surface area contributed by atoms with Crippen LogP contribution in [-0.4, -0.2) is 4.98 Å². The van der Waals surface area contributed by atoms with Gasteiger partial charge in [0.15, 0.2) is 0 Å². The summed E-state index contributed by atoms with van der Waals surface area (Å²) in [5, 5.41) is 0. The third-order valence-electron chi connectivity index (χ3n) is 1.03. The number of pyridine rings is 1. The van der Waals surface area contributed by atoms with Gasteiger partial charge in [-0.05, 0) is 63.7 Å². The van der Waals surface area contributed by atoms with Gasteiger partial charge in [-0.25, -0.2) is 4.98 Å². The molecule has 0 aliphatic heterocycles. The highest BCUT2D eigenvalue weighted by Crippen LogP contribution is 2.36. The molecule has 60 valence electrons. The zero-order valence-corrected chi connectivity index (χ0v) is 11.4. The molecule has 1 aromatic rings. The Morgan fingerprint density at radius 3 is 1.64 bits per heavy atom. The summed E-state index contributed by atoms with van der Waals surface area (Å²) in [5.41, 5.74) is 6.31. The van der Waals surface area contributed by atoms with Crippen LogP contribution in [0.5, 0.6) is 0 Å². The lowest BCUT2D eigenvalue weighted by Gasteiger charge is -2.04. The summed E-state index contributed by atoms with van der Waals surface area (Å²) >= 11 is 13.0. The molecule has 0 aliphatic rings. The lowest BCUT2D eigenvalue weighted by Crippen LogP contribution is -1.92. The molecule has 1 rings (SSSR count). The van der Waals surface area contributed by atoms with Crippen LogP contribution in [0.25, 0.3) is 0 Å². The van der Waals surface area contributed by atoms with E-state index in [0.717, 1.165) is 8.95 Å². The van der Waals surface area contributed by atoms with Gasteiger partial charge < -0.3 is 5.73 Å². The molecule has 0 saturated carbocycles. The van der Waals surface area contributed by atoms with E-state index in [0.29, 0.717) is 14.9 Å². The van der Waals surface area contributed by atoms with E-state index in [1.54, 1.807) is 0 Å². The molecule has 0 aromatic carbocycles. The summed E-state index contributed by atoms with van der Waals surface area (Å²) < 4.78 is 2.88. The molecular formula is C5H2Br4N2. The Morgan fingerprint density at radius 1 is 0.909 bits per heavy atom. The van der Waals surface area contributed by atoms with E-state index in [1.165, 1.54) is 0 Å².